The lowest BCUT2D eigenvalue weighted by atomic mass is 10.2. The van der Waals surface area contributed by atoms with Crippen molar-refractivity contribution >= 4 is 22.3 Å². The molecule has 33 heavy (non-hydrogen) atoms. The molecule has 0 amide bonds. The van der Waals surface area contributed by atoms with Crippen LogP contribution in [0.3, 0.4) is 0 Å². The molecule has 0 saturated heterocycles. The van der Waals surface area contributed by atoms with Gasteiger partial charge in [-0.3, -0.25) is 0 Å². The maximum Gasteiger partial charge on any atom is 0.150 e. The smallest absolute Gasteiger partial charge is 0.150 e. The maximum absolute atomic E-state index is 5.15. The highest BCUT2D eigenvalue weighted by Gasteiger charge is 2.53. The molecule has 0 saturated carbocycles. The molecule has 0 spiro atoms. The molecule has 0 radical (unpaired) electrons. The molecule has 0 fully saturated rings. The first-order chi connectivity index (χ1) is 15.1. The van der Waals surface area contributed by atoms with E-state index >= 15 is 0 Å². The third-order valence-corrected chi connectivity index (χ3v) is 21.3. The molecule has 0 N–H and O–H groups in total. The van der Waals surface area contributed by atoms with Gasteiger partial charge in [-0.05, 0) is 71.8 Å². The number of hydrogen-bond donors (Lipinski definition) is 0. The van der Waals surface area contributed by atoms with Crippen LogP contribution in [0.25, 0.3) is 0 Å². The largest absolute Gasteiger partial charge is 0.407 e. The summed E-state index contributed by atoms with van der Waals surface area (Å²) in [6, 6.07) is 8.35. The van der Waals surface area contributed by atoms with Gasteiger partial charge in [0, 0.05) is 13.2 Å². The monoisotopic (exact) mass is 493 g/mol. The Morgan fingerprint density at radius 2 is 0.879 bits per heavy atom. The van der Waals surface area contributed by atoms with Crippen LogP contribution in [0.5, 0.6) is 0 Å². The van der Waals surface area contributed by atoms with Gasteiger partial charge in [-0.1, -0.05) is 83.1 Å². The Kier molecular flexibility index (Phi) is 12.0. The van der Waals surface area contributed by atoms with E-state index in [1.807, 2.05) is 0 Å². The van der Waals surface area contributed by atoms with Crippen LogP contribution >= 0.6 is 0 Å². The summed E-state index contributed by atoms with van der Waals surface area (Å²) in [5, 5.41) is 0. The summed E-state index contributed by atoms with van der Waals surface area (Å²) in [6.45, 7) is 29.6. The van der Waals surface area contributed by atoms with E-state index in [1.165, 1.54) is 42.1 Å². The van der Waals surface area contributed by atoms with Crippen molar-refractivity contribution in [2.24, 2.45) is 42.6 Å². The lowest BCUT2D eigenvalue weighted by Crippen LogP contribution is -2.70. The van der Waals surface area contributed by atoms with Crippen molar-refractivity contribution < 1.29 is 0 Å². The van der Waals surface area contributed by atoms with Crippen LogP contribution < -0.4 is 4.23 Å². The highest BCUT2D eigenvalue weighted by Crippen LogP contribution is 2.46. The zero-order valence-electron chi connectivity index (χ0n) is 24.7. The fourth-order valence-corrected chi connectivity index (χ4v) is 25.2. The summed E-state index contributed by atoms with van der Waals surface area (Å²) in [5.74, 6) is 5.68. The van der Waals surface area contributed by atoms with E-state index in [4.69, 9.17) is 4.98 Å². The van der Waals surface area contributed by atoms with Gasteiger partial charge in [-0.15, -0.1) is 0 Å². The summed E-state index contributed by atoms with van der Waals surface area (Å²) in [7, 11) is -1.56. The molecule has 0 atom stereocenters. The Labute approximate surface area is 210 Å². The van der Waals surface area contributed by atoms with E-state index in [-0.39, 0.29) is 0 Å². The van der Waals surface area contributed by atoms with Gasteiger partial charge in [0.1, 0.15) is 22.3 Å². The van der Waals surface area contributed by atoms with E-state index in [0.29, 0.717) is 0 Å². The van der Waals surface area contributed by atoms with Gasteiger partial charge < -0.3 is 8.80 Å². The van der Waals surface area contributed by atoms with E-state index in [9.17, 15) is 0 Å². The summed E-state index contributed by atoms with van der Waals surface area (Å²) >= 11 is 0. The molecular formula is C28H59N3Si2. The van der Waals surface area contributed by atoms with Gasteiger partial charge in [0.05, 0.1) is 6.33 Å². The first kappa shape index (κ1) is 30.5. The summed E-state index contributed by atoms with van der Waals surface area (Å²) in [6.07, 6.45) is 4.42. The standard InChI is InChI=1S/C28H59N3Si2/c1-22(2)15-32(16-23(3)4,17-24(5)6)31(28-14-30(13)21-29-28)33(18-25(7)8,19-26(9)10)20-27(11)12/h14,21-27H,15-20H2,1-13H3. The number of nitrogens with zero attached hydrogens (tertiary/aromatic N) is 3. The second kappa shape index (κ2) is 12.9. The molecule has 1 heterocycles. The van der Waals surface area contributed by atoms with Gasteiger partial charge in [0.15, 0.2) is 0 Å². The van der Waals surface area contributed by atoms with Gasteiger partial charge in [-0.25, -0.2) is 4.98 Å². The van der Waals surface area contributed by atoms with Gasteiger partial charge in [0.25, 0.3) is 0 Å². The normalized spacial score (nSPS) is 13.5. The van der Waals surface area contributed by atoms with Crippen molar-refractivity contribution in [2.75, 3.05) is 4.23 Å². The lowest BCUT2D eigenvalue weighted by molar-refractivity contribution is 0.622. The van der Waals surface area contributed by atoms with Crippen molar-refractivity contribution in [3.63, 3.8) is 0 Å². The Bertz CT molecular complexity index is 585. The van der Waals surface area contributed by atoms with Crippen molar-refractivity contribution in [3.8, 4) is 0 Å². The van der Waals surface area contributed by atoms with E-state index < -0.39 is 16.5 Å². The maximum atomic E-state index is 5.15. The van der Waals surface area contributed by atoms with Gasteiger partial charge >= 0.3 is 0 Å². The predicted octanol–water partition coefficient (Wildman–Crippen LogP) is 9.05. The quantitative estimate of drug-likeness (QED) is 0.227. The molecule has 0 aliphatic rings. The number of rotatable bonds is 15. The fraction of sp³-hybridized carbons (Fsp3) is 0.893. The molecule has 0 unspecified atom stereocenters. The van der Waals surface area contributed by atoms with Crippen LogP contribution in [0.1, 0.15) is 83.1 Å². The van der Waals surface area contributed by atoms with Crippen LogP contribution in [0.4, 0.5) is 5.82 Å². The molecule has 1 rings (SSSR count). The van der Waals surface area contributed by atoms with Crippen LogP contribution in [0, 0.1) is 35.5 Å². The van der Waals surface area contributed by atoms with Crippen molar-refractivity contribution in [3.05, 3.63) is 12.5 Å². The van der Waals surface area contributed by atoms with Crippen LogP contribution in [-0.2, 0) is 7.05 Å². The second-order valence-electron chi connectivity index (χ2n) is 13.8. The Hall–Kier alpha value is -0.556. The van der Waals surface area contributed by atoms with Crippen molar-refractivity contribution in [1.82, 2.24) is 9.55 Å². The zero-order valence-corrected chi connectivity index (χ0v) is 26.7. The van der Waals surface area contributed by atoms with E-state index in [0.717, 1.165) is 35.5 Å². The molecule has 0 aliphatic heterocycles. The molecule has 0 aromatic carbocycles. The van der Waals surface area contributed by atoms with Gasteiger partial charge in [-0.2, -0.15) is 0 Å². The molecular weight excluding hydrogens is 435 g/mol. The fourth-order valence-electron chi connectivity index (χ4n) is 7.11. The predicted molar refractivity (Wildman–Crippen MR) is 155 cm³/mol. The van der Waals surface area contributed by atoms with Gasteiger partial charge in [0.2, 0.25) is 0 Å². The Morgan fingerprint density at radius 3 is 1.06 bits per heavy atom. The molecule has 194 valence electrons. The molecule has 0 bridgehead atoms. The van der Waals surface area contributed by atoms with E-state index in [2.05, 4.69) is 111 Å². The summed E-state index contributed by atoms with van der Waals surface area (Å²) in [4.78, 5) is 5.15. The van der Waals surface area contributed by atoms with Crippen LogP contribution in [0.15, 0.2) is 12.5 Å². The average Bonchev–Trinajstić information content (AvgIpc) is 2.95. The van der Waals surface area contributed by atoms with Crippen LogP contribution in [0.2, 0.25) is 36.3 Å². The zero-order chi connectivity index (χ0) is 25.6. The highest BCUT2D eigenvalue weighted by atomic mass is 28.4. The topological polar surface area (TPSA) is 21.1 Å². The Balaban J connectivity index is 4.03. The molecule has 1 aromatic rings. The van der Waals surface area contributed by atoms with Crippen molar-refractivity contribution in [1.29, 1.82) is 0 Å². The number of hydrogen-bond acceptors (Lipinski definition) is 2. The first-order valence-electron chi connectivity index (χ1n) is 13.9. The first-order valence-corrected chi connectivity index (χ1v) is 19.0. The minimum atomic E-state index is -1.86. The molecule has 3 nitrogen and oxygen atoms in total. The highest BCUT2D eigenvalue weighted by molar-refractivity contribution is 7.02. The molecule has 0 aliphatic carbocycles. The molecule has 5 heteroatoms. The third kappa shape index (κ3) is 9.20. The second-order valence-corrected chi connectivity index (χ2v) is 22.5. The Morgan fingerprint density at radius 1 is 0.606 bits per heavy atom. The summed E-state index contributed by atoms with van der Waals surface area (Å²) in [5.41, 5.74) is 0. The number of aryl methyl sites for hydroxylation is 1. The minimum absolute atomic E-state index is 0.726. The number of aromatic nitrogens is 2. The average molecular weight is 494 g/mol. The van der Waals surface area contributed by atoms with Crippen LogP contribution in [-0.4, -0.2) is 26.0 Å². The van der Waals surface area contributed by atoms with E-state index in [1.54, 1.807) is 0 Å². The van der Waals surface area contributed by atoms with Crippen molar-refractivity contribution in [2.45, 2.75) is 119 Å². The number of imidazole rings is 1. The number of anilines is 1. The molecule has 1 aromatic heterocycles. The third-order valence-electron chi connectivity index (χ3n) is 6.60. The minimum Gasteiger partial charge on any atom is -0.407 e. The SMILES string of the molecule is CC(C)C[Si](CC(C)C)(CC(C)C)N(c1cn(C)cn1)[Si](CC(C)C)(CC(C)C)CC(C)C. The lowest BCUT2D eigenvalue weighted by Gasteiger charge is -2.57. The summed E-state index contributed by atoms with van der Waals surface area (Å²) < 4.78 is 5.40.